The molecule has 10 heteroatoms. The Labute approximate surface area is 243 Å². The molecule has 0 aliphatic heterocycles. The van der Waals surface area contributed by atoms with Crippen molar-refractivity contribution < 1.29 is 14.3 Å². The lowest BCUT2D eigenvalue weighted by Gasteiger charge is -2.32. The average Bonchev–Trinajstić information content (AvgIpc) is 2.96. The minimum absolute atomic E-state index is 0.139. The first-order valence-electron chi connectivity index (χ1n) is 13.0. The minimum atomic E-state index is -0.507. The molecule has 1 unspecified atom stereocenters. The minimum Gasteiger partial charge on any atom is -0.497 e. The molecule has 210 valence electrons. The first-order valence-corrected chi connectivity index (χ1v) is 13.8. The number of anilines is 1. The highest BCUT2D eigenvalue weighted by Gasteiger charge is 2.29. The van der Waals surface area contributed by atoms with Gasteiger partial charge in [-0.25, -0.2) is 9.78 Å². The fraction of sp³-hybridized carbons (Fsp3) is 0.300. The second-order valence-electron chi connectivity index (χ2n) is 9.14. The Bertz CT molecular complexity index is 1570. The Kier molecular flexibility index (Phi) is 9.55. The van der Waals surface area contributed by atoms with Gasteiger partial charge in [0.25, 0.3) is 5.56 Å². The topological polar surface area (TPSA) is 85.7 Å². The number of halogens is 2. The third kappa shape index (κ3) is 6.18. The predicted octanol–water partition coefficient (Wildman–Crippen LogP) is 6.97. The number of benzene rings is 3. The number of hydrogen-bond acceptors (Lipinski definition) is 5. The summed E-state index contributed by atoms with van der Waals surface area (Å²) in [4.78, 5) is 34.0. The second-order valence-corrected chi connectivity index (χ2v) is 9.98. The fourth-order valence-electron chi connectivity index (χ4n) is 4.74. The van der Waals surface area contributed by atoms with E-state index >= 15 is 0 Å². The van der Waals surface area contributed by atoms with Crippen molar-refractivity contribution in [1.82, 2.24) is 14.5 Å². The molecule has 1 N–H and O–H groups in total. The monoisotopic (exact) mass is 582 g/mol. The molecule has 2 amide bonds. The number of para-hydroxylation sites is 1. The van der Waals surface area contributed by atoms with Crippen molar-refractivity contribution in [3.05, 3.63) is 92.5 Å². The highest BCUT2D eigenvalue weighted by molar-refractivity contribution is 6.35. The zero-order valence-electron chi connectivity index (χ0n) is 22.9. The Hall–Kier alpha value is -3.75. The first-order chi connectivity index (χ1) is 19.3. The molecule has 0 radical (unpaired) electrons. The van der Waals surface area contributed by atoms with Gasteiger partial charge in [0, 0.05) is 29.2 Å². The molecule has 40 heavy (non-hydrogen) atoms. The van der Waals surface area contributed by atoms with Gasteiger partial charge in [0.05, 0.1) is 36.9 Å². The van der Waals surface area contributed by atoms with Gasteiger partial charge in [0.2, 0.25) is 0 Å². The lowest BCUT2D eigenvalue weighted by molar-refractivity contribution is 0.181. The molecule has 8 nitrogen and oxygen atoms in total. The van der Waals surface area contributed by atoms with Crippen LogP contribution in [0, 0.1) is 0 Å². The van der Waals surface area contributed by atoms with Crippen LogP contribution in [0.2, 0.25) is 10.0 Å². The van der Waals surface area contributed by atoms with E-state index in [-0.39, 0.29) is 11.6 Å². The van der Waals surface area contributed by atoms with Crippen LogP contribution in [0.15, 0.2) is 65.5 Å². The van der Waals surface area contributed by atoms with Crippen molar-refractivity contribution in [2.45, 2.75) is 39.3 Å². The Morgan fingerprint density at radius 1 is 1.05 bits per heavy atom. The lowest BCUT2D eigenvalue weighted by atomic mass is 10.1. The number of urea groups is 1. The lowest BCUT2D eigenvalue weighted by Crippen LogP contribution is -2.42. The van der Waals surface area contributed by atoms with Crippen LogP contribution in [0.1, 0.15) is 37.7 Å². The highest BCUT2D eigenvalue weighted by Crippen LogP contribution is 2.31. The van der Waals surface area contributed by atoms with E-state index in [2.05, 4.69) is 5.32 Å². The number of ether oxygens (including phenoxy) is 2. The van der Waals surface area contributed by atoms with Gasteiger partial charge < -0.3 is 19.7 Å². The van der Waals surface area contributed by atoms with Crippen LogP contribution in [0.25, 0.3) is 10.9 Å². The number of rotatable bonds is 10. The number of amides is 2. The number of nitrogens with one attached hydrogen (secondary N) is 1. The summed E-state index contributed by atoms with van der Waals surface area (Å²) in [6, 6.07) is 16.8. The van der Waals surface area contributed by atoms with Crippen LogP contribution in [0.4, 0.5) is 10.5 Å². The molecular weight excluding hydrogens is 551 g/mol. The molecule has 0 fully saturated rings. The maximum Gasteiger partial charge on any atom is 0.322 e. The maximum absolute atomic E-state index is 14.0. The van der Waals surface area contributed by atoms with Gasteiger partial charge in [0.1, 0.15) is 17.3 Å². The molecule has 0 saturated heterocycles. The Morgan fingerprint density at radius 2 is 1.82 bits per heavy atom. The van der Waals surface area contributed by atoms with Gasteiger partial charge in [-0.3, -0.25) is 9.36 Å². The maximum atomic E-state index is 14.0. The van der Waals surface area contributed by atoms with E-state index in [4.69, 9.17) is 37.7 Å². The van der Waals surface area contributed by atoms with E-state index < -0.39 is 6.04 Å². The van der Waals surface area contributed by atoms with Crippen LogP contribution in [-0.4, -0.2) is 41.2 Å². The van der Waals surface area contributed by atoms with Gasteiger partial charge in [0.15, 0.2) is 0 Å². The van der Waals surface area contributed by atoms with Crippen LogP contribution in [-0.2, 0) is 13.0 Å². The largest absolute Gasteiger partial charge is 0.497 e. The third-order valence-corrected chi connectivity index (χ3v) is 7.40. The van der Waals surface area contributed by atoms with Crippen LogP contribution in [0.3, 0.4) is 0 Å². The molecule has 1 heterocycles. The van der Waals surface area contributed by atoms with E-state index in [0.717, 1.165) is 5.56 Å². The van der Waals surface area contributed by atoms with Crippen molar-refractivity contribution in [2.75, 3.05) is 26.1 Å². The zero-order valence-corrected chi connectivity index (χ0v) is 24.4. The molecule has 3 aromatic carbocycles. The molecule has 4 aromatic rings. The molecule has 1 aromatic heterocycles. The SMILES string of the molecule is CCC(c1nc2ccccc2c(=O)n1CC)N(CCc1ccc(Cl)cc1Cl)C(=O)Nc1ccc(OC)cc1OC. The number of hydrogen-bond donors (Lipinski definition) is 1. The summed E-state index contributed by atoms with van der Waals surface area (Å²) in [5, 5.41) is 4.58. The van der Waals surface area contributed by atoms with E-state index in [0.29, 0.717) is 69.9 Å². The van der Waals surface area contributed by atoms with Crippen molar-refractivity contribution >= 4 is 45.8 Å². The zero-order chi connectivity index (χ0) is 28.8. The van der Waals surface area contributed by atoms with Gasteiger partial charge in [-0.1, -0.05) is 48.3 Å². The normalized spacial score (nSPS) is 11.8. The molecule has 0 aliphatic carbocycles. The summed E-state index contributed by atoms with van der Waals surface area (Å²) < 4.78 is 12.4. The van der Waals surface area contributed by atoms with Crippen LogP contribution in [0.5, 0.6) is 11.5 Å². The van der Waals surface area contributed by atoms with E-state index in [1.165, 1.54) is 7.11 Å². The molecule has 4 rings (SSSR count). The van der Waals surface area contributed by atoms with E-state index in [1.54, 1.807) is 53.0 Å². The van der Waals surface area contributed by atoms with Crippen molar-refractivity contribution in [3.8, 4) is 11.5 Å². The molecule has 1 atom stereocenters. The number of nitrogens with zero attached hydrogens (tertiary/aromatic N) is 3. The summed E-state index contributed by atoms with van der Waals surface area (Å²) in [7, 11) is 3.09. The van der Waals surface area contributed by atoms with Crippen LogP contribution >= 0.6 is 23.2 Å². The second kappa shape index (κ2) is 13.1. The third-order valence-electron chi connectivity index (χ3n) is 6.82. The summed E-state index contributed by atoms with van der Waals surface area (Å²) >= 11 is 12.6. The van der Waals surface area contributed by atoms with E-state index in [9.17, 15) is 9.59 Å². The summed E-state index contributed by atoms with van der Waals surface area (Å²) in [6.07, 6.45) is 0.982. The molecule has 0 saturated carbocycles. The molecular formula is C30H32Cl2N4O4. The predicted molar refractivity (Wildman–Crippen MR) is 160 cm³/mol. The Balaban J connectivity index is 1.77. The quantitative estimate of drug-likeness (QED) is 0.218. The van der Waals surface area contributed by atoms with Gasteiger partial charge in [-0.05, 0) is 61.7 Å². The first kappa shape index (κ1) is 29.2. The van der Waals surface area contributed by atoms with Crippen molar-refractivity contribution in [1.29, 1.82) is 0 Å². The fourth-order valence-corrected chi connectivity index (χ4v) is 5.24. The van der Waals surface area contributed by atoms with Crippen molar-refractivity contribution in [3.63, 3.8) is 0 Å². The average molecular weight is 584 g/mol. The molecule has 0 spiro atoms. The Morgan fingerprint density at radius 3 is 2.50 bits per heavy atom. The molecule has 0 bridgehead atoms. The van der Waals surface area contributed by atoms with E-state index in [1.807, 2.05) is 38.1 Å². The standard InChI is InChI=1S/C30H32Cl2N4O4/c1-5-26(28-33-24-10-8-7-9-22(24)29(37)35(28)6-2)36(16-15-19-11-12-20(31)17-23(19)32)30(38)34-25-14-13-21(39-3)18-27(25)40-4/h7-14,17-18,26H,5-6,15-16H2,1-4H3,(H,34,38). The van der Waals surface area contributed by atoms with Crippen LogP contribution < -0.4 is 20.3 Å². The van der Waals surface area contributed by atoms with Gasteiger partial charge >= 0.3 is 6.03 Å². The number of carbonyl (C=O) groups is 1. The summed E-state index contributed by atoms with van der Waals surface area (Å²) in [6.45, 7) is 4.58. The van der Waals surface area contributed by atoms with Gasteiger partial charge in [-0.2, -0.15) is 0 Å². The number of fused-ring (bicyclic) bond motifs is 1. The number of carbonyl (C=O) groups excluding carboxylic acids is 1. The smallest absolute Gasteiger partial charge is 0.322 e. The van der Waals surface area contributed by atoms with Gasteiger partial charge in [-0.15, -0.1) is 0 Å². The summed E-state index contributed by atoms with van der Waals surface area (Å²) in [5.41, 5.74) is 1.78. The number of aromatic nitrogens is 2. The van der Waals surface area contributed by atoms with Crippen molar-refractivity contribution in [2.24, 2.45) is 0 Å². The summed E-state index contributed by atoms with van der Waals surface area (Å²) in [5.74, 6) is 1.58. The molecule has 0 aliphatic rings. The number of methoxy groups -OCH3 is 2. The highest BCUT2D eigenvalue weighted by atomic mass is 35.5.